The van der Waals surface area contributed by atoms with E-state index < -0.39 is 0 Å². The van der Waals surface area contributed by atoms with Crippen LogP contribution in [-0.2, 0) is 18.7 Å². The minimum atomic E-state index is 0.0163. The van der Waals surface area contributed by atoms with E-state index in [1.807, 2.05) is 60.0 Å². The second kappa shape index (κ2) is 8.70. The molecular weight excluding hydrogens is 431 g/mol. The van der Waals surface area contributed by atoms with E-state index >= 15 is 0 Å². The molecule has 0 saturated heterocycles. The van der Waals surface area contributed by atoms with Crippen molar-refractivity contribution in [3.8, 4) is 0 Å². The second-order valence-electron chi connectivity index (χ2n) is 6.28. The molecule has 0 aliphatic carbocycles. The van der Waals surface area contributed by atoms with Crippen molar-refractivity contribution in [1.82, 2.24) is 9.55 Å². The summed E-state index contributed by atoms with van der Waals surface area (Å²) in [6.45, 7) is 0.569. The molecule has 4 aromatic rings. The van der Waals surface area contributed by atoms with Gasteiger partial charge in [0.15, 0.2) is 5.16 Å². The minimum Gasteiger partial charge on any atom is -0.286 e. The minimum absolute atomic E-state index is 0.0163. The second-order valence-corrected chi connectivity index (χ2v) is 9.01. The summed E-state index contributed by atoms with van der Waals surface area (Å²) in [6, 6.07) is 17.4. The van der Waals surface area contributed by atoms with Crippen molar-refractivity contribution in [3.63, 3.8) is 0 Å². The van der Waals surface area contributed by atoms with E-state index in [-0.39, 0.29) is 5.56 Å². The number of hydrogen-bond acceptors (Lipinski definition) is 4. The topological polar surface area (TPSA) is 34.9 Å². The fraction of sp³-hybridized carbons (Fsp3) is 0.143. The maximum absolute atomic E-state index is 13.0. The van der Waals surface area contributed by atoms with Gasteiger partial charge in [-0.2, -0.15) is 0 Å². The van der Waals surface area contributed by atoms with Crippen molar-refractivity contribution < 1.29 is 0 Å². The van der Waals surface area contributed by atoms with Crippen molar-refractivity contribution in [2.45, 2.75) is 23.9 Å². The van der Waals surface area contributed by atoms with E-state index in [0.29, 0.717) is 27.0 Å². The van der Waals surface area contributed by atoms with E-state index in [1.54, 1.807) is 16.3 Å². The highest BCUT2D eigenvalue weighted by atomic mass is 35.5. The number of thiophene rings is 1. The van der Waals surface area contributed by atoms with Crippen LogP contribution < -0.4 is 5.56 Å². The van der Waals surface area contributed by atoms with E-state index in [9.17, 15) is 4.79 Å². The van der Waals surface area contributed by atoms with Gasteiger partial charge in [-0.05, 0) is 53.3 Å². The first-order valence-corrected chi connectivity index (χ1v) is 11.3. The first-order chi connectivity index (χ1) is 13.6. The zero-order chi connectivity index (χ0) is 19.5. The Morgan fingerprint density at radius 2 is 1.82 bits per heavy atom. The van der Waals surface area contributed by atoms with Gasteiger partial charge < -0.3 is 0 Å². The summed E-state index contributed by atoms with van der Waals surface area (Å²) < 4.78 is 2.48. The summed E-state index contributed by atoms with van der Waals surface area (Å²) >= 11 is 15.0. The Labute approximate surface area is 181 Å². The summed E-state index contributed by atoms with van der Waals surface area (Å²) in [5.41, 5.74) is 3.00. The summed E-state index contributed by atoms with van der Waals surface area (Å²) in [7, 11) is 0. The van der Waals surface area contributed by atoms with Gasteiger partial charge >= 0.3 is 0 Å². The highest BCUT2D eigenvalue weighted by Gasteiger charge is 2.13. The van der Waals surface area contributed by atoms with Crippen LogP contribution in [-0.4, -0.2) is 9.55 Å². The van der Waals surface area contributed by atoms with Gasteiger partial charge in [0, 0.05) is 22.3 Å². The van der Waals surface area contributed by atoms with Gasteiger partial charge in [0.1, 0.15) is 4.70 Å². The molecular formula is C21H16Cl2N2OS2. The Balaban J connectivity index is 1.62. The molecule has 0 aliphatic rings. The van der Waals surface area contributed by atoms with E-state index in [2.05, 4.69) is 0 Å². The third kappa shape index (κ3) is 4.44. The number of rotatable bonds is 6. The monoisotopic (exact) mass is 446 g/mol. The average molecular weight is 447 g/mol. The summed E-state index contributed by atoms with van der Waals surface area (Å²) in [5, 5.41) is 4.05. The van der Waals surface area contributed by atoms with E-state index in [1.165, 1.54) is 11.3 Å². The zero-order valence-corrected chi connectivity index (χ0v) is 17.9. The largest absolute Gasteiger partial charge is 0.286 e. The molecule has 2 aromatic carbocycles. The molecule has 2 heterocycles. The number of nitrogens with zero attached hydrogens (tertiary/aromatic N) is 2. The molecule has 0 fully saturated rings. The van der Waals surface area contributed by atoms with Gasteiger partial charge in [-0.1, -0.05) is 59.2 Å². The third-order valence-corrected chi connectivity index (χ3v) is 6.75. The van der Waals surface area contributed by atoms with Crippen molar-refractivity contribution in [2.24, 2.45) is 0 Å². The number of hydrogen-bond donors (Lipinski definition) is 0. The number of benzene rings is 2. The molecule has 2 aromatic heterocycles. The Kier molecular flexibility index (Phi) is 6.07. The van der Waals surface area contributed by atoms with E-state index in [4.69, 9.17) is 28.2 Å². The maximum Gasteiger partial charge on any atom is 0.272 e. The molecule has 0 saturated carbocycles. The fourth-order valence-corrected chi connectivity index (χ4v) is 4.98. The fourth-order valence-electron chi connectivity index (χ4n) is 2.90. The first-order valence-electron chi connectivity index (χ1n) is 8.70. The summed E-state index contributed by atoms with van der Waals surface area (Å²) in [4.78, 5) is 17.8. The summed E-state index contributed by atoms with van der Waals surface area (Å²) in [6.07, 6.45) is 0.736. The van der Waals surface area contributed by atoms with Gasteiger partial charge in [0.25, 0.3) is 5.56 Å². The van der Waals surface area contributed by atoms with Crippen LogP contribution in [0.4, 0.5) is 0 Å². The number of thioether (sulfide) groups is 1. The molecule has 0 aliphatic heterocycles. The summed E-state index contributed by atoms with van der Waals surface area (Å²) in [5.74, 6) is 0.698. The standard InChI is InChI=1S/C21H16Cl2N2OS2/c22-16-6-4-14(5-7-16)8-10-25-20(26)19-18(9-11-27-19)24-21(25)28-13-15-2-1-3-17(23)12-15/h1-7,9,11-12H,8,10,13H2. The van der Waals surface area contributed by atoms with Crippen molar-refractivity contribution in [2.75, 3.05) is 0 Å². The van der Waals surface area contributed by atoms with Gasteiger partial charge in [-0.3, -0.25) is 9.36 Å². The average Bonchev–Trinajstić information content (AvgIpc) is 3.16. The molecule has 142 valence electrons. The van der Waals surface area contributed by atoms with Gasteiger partial charge in [0.05, 0.1) is 5.52 Å². The van der Waals surface area contributed by atoms with Crippen LogP contribution in [0.3, 0.4) is 0 Å². The van der Waals surface area contributed by atoms with Crippen LogP contribution >= 0.6 is 46.3 Å². The Morgan fingerprint density at radius 1 is 1.00 bits per heavy atom. The van der Waals surface area contributed by atoms with Crippen LogP contribution in [0.2, 0.25) is 10.0 Å². The zero-order valence-electron chi connectivity index (χ0n) is 14.8. The lowest BCUT2D eigenvalue weighted by molar-refractivity contribution is 0.596. The highest BCUT2D eigenvalue weighted by molar-refractivity contribution is 7.98. The first kappa shape index (κ1) is 19.5. The lowest BCUT2D eigenvalue weighted by Crippen LogP contribution is -2.23. The van der Waals surface area contributed by atoms with Crippen molar-refractivity contribution in [3.05, 3.63) is 91.5 Å². The molecule has 0 unspecified atom stereocenters. The van der Waals surface area contributed by atoms with E-state index in [0.717, 1.165) is 28.2 Å². The normalized spacial score (nSPS) is 11.2. The van der Waals surface area contributed by atoms with Gasteiger partial charge in [0.2, 0.25) is 0 Å². The maximum atomic E-state index is 13.0. The molecule has 3 nitrogen and oxygen atoms in total. The SMILES string of the molecule is O=c1c2sccc2nc(SCc2cccc(Cl)c2)n1CCc1ccc(Cl)cc1. The molecule has 0 bridgehead atoms. The number of aromatic nitrogens is 2. The molecule has 4 rings (SSSR count). The smallest absolute Gasteiger partial charge is 0.272 e. The van der Waals surface area contributed by atoms with Crippen LogP contribution in [0.15, 0.2) is 69.9 Å². The number of fused-ring (bicyclic) bond motifs is 1. The predicted molar refractivity (Wildman–Crippen MR) is 120 cm³/mol. The molecule has 7 heteroatoms. The molecule has 0 atom stereocenters. The third-order valence-electron chi connectivity index (χ3n) is 4.33. The van der Waals surface area contributed by atoms with Gasteiger partial charge in [-0.25, -0.2) is 4.98 Å². The lowest BCUT2D eigenvalue weighted by Gasteiger charge is -2.12. The number of aryl methyl sites for hydroxylation is 1. The molecule has 28 heavy (non-hydrogen) atoms. The quantitative estimate of drug-likeness (QED) is 0.257. The molecule has 0 spiro atoms. The molecule has 0 N–H and O–H groups in total. The predicted octanol–water partition coefficient (Wildman–Crippen LogP) is 6.30. The molecule has 0 radical (unpaired) electrons. The van der Waals surface area contributed by atoms with Crippen molar-refractivity contribution in [1.29, 1.82) is 0 Å². The lowest BCUT2D eigenvalue weighted by atomic mass is 10.1. The van der Waals surface area contributed by atoms with Crippen LogP contribution in [0.5, 0.6) is 0 Å². The Morgan fingerprint density at radius 3 is 2.61 bits per heavy atom. The van der Waals surface area contributed by atoms with Crippen LogP contribution in [0.1, 0.15) is 11.1 Å². The van der Waals surface area contributed by atoms with Crippen molar-refractivity contribution >= 4 is 56.5 Å². The van der Waals surface area contributed by atoms with Crippen LogP contribution in [0.25, 0.3) is 10.2 Å². The van der Waals surface area contributed by atoms with Crippen LogP contribution in [0, 0.1) is 0 Å². The Hall–Kier alpha value is -1.79. The van der Waals surface area contributed by atoms with Gasteiger partial charge in [-0.15, -0.1) is 11.3 Å². The highest BCUT2D eigenvalue weighted by Crippen LogP contribution is 2.25. The Bertz CT molecular complexity index is 1170. The molecule has 0 amide bonds. The number of halogens is 2.